The second-order valence-electron chi connectivity index (χ2n) is 8.00. The van der Waals surface area contributed by atoms with E-state index in [-0.39, 0.29) is 17.7 Å². The number of hydrogen-bond acceptors (Lipinski definition) is 2. The zero-order valence-electron chi connectivity index (χ0n) is 13.4. The van der Waals surface area contributed by atoms with Crippen LogP contribution >= 0.6 is 0 Å². The van der Waals surface area contributed by atoms with Crippen LogP contribution in [0.2, 0.25) is 0 Å². The van der Waals surface area contributed by atoms with Crippen LogP contribution in [0.4, 0.5) is 0 Å². The molecule has 0 radical (unpaired) electrons. The Bertz CT molecular complexity index is 427. The molecule has 4 heteroatoms. The van der Waals surface area contributed by atoms with E-state index < -0.39 is 0 Å². The predicted octanol–water partition coefficient (Wildman–Crippen LogP) is 2.47. The maximum Gasteiger partial charge on any atom is 0.225 e. The SMILES string of the molecule is CC1(C)CCC(NC(=O)C2CC(=O)N(C3CCCC3)C2)C1. The monoisotopic (exact) mass is 292 g/mol. The molecule has 2 unspecified atom stereocenters. The molecule has 1 N–H and O–H groups in total. The number of carbonyl (C=O) groups excluding carboxylic acids is 2. The number of amides is 2. The minimum absolute atomic E-state index is 0.103. The Kier molecular flexibility index (Phi) is 3.98. The Morgan fingerprint density at radius 2 is 1.95 bits per heavy atom. The Hall–Kier alpha value is -1.06. The van der Waals surface area contributed by atoms with Crippen LogP contribution in [-0.2, 0) is 9.59 Å². The van der Waals surface area contributed by atoms with Crippen molar-refractivity contribution in [3.05, 3.63) is 0 Å². The Morgan fingerprint density at radius 1 is 1.24 bits per heavy atom. The second kappa shape index (κ2) is 5.62. The van der Waals surface area contributed by atoms with Gasteiger partial charge in [-0.1, -0.05) is 26.7 Å². The van der Waals surface area contributed by atoms with Crippen molar-refractivity contribution in [1.82, 2.24) is 10.2 Å². The summed E-state index contributed by atoms with van der Waals surface area (Å²) < 4.78 is 0. The highest BCUT2D eigenvalue weighted by Crippen LogP contribution is 2.37. The van der Waals surface area contributed by atoms with Gasteiger partial charge in [0.15, 0.2) is 0 Å². The molecule has 0 aromatic rings. The fraction of sp³-hybridized carbons (Fsp3) is 0.882. The third kappa shape index (κ3) is 3.24. The predicted molar refractivity (Wildman–Crippen MR) is 81.6 cm³/mol. The molecular formula is C17H28N2O2. The molecule has 1 aliphatic heterocycles. The summed E-state index contributed by atoms with van der Waals surface area (Å²) >= 11 is 0. The smallest absolute Gasteiger partial charge is 0.225 e. The van der Waals surface area contributed by atoms with Crippen LogP contribution < -0.4 is 5.32 Å². The maximum absolute atomic E-state index is 12.4. The van der Waals surface area contributed by atoms with Crippen molar-refractivity contribution in [2.24, 2.45) is 11.3 Å². The van der Waals surface area contributed by atoms with Gasteiger partial charge in [0.1, 0.15) is 0 Å². The number of hydrogen-bond donors (Lipinski definition) is 1. The fourth-order valence-corrected chi connectivity index (χ4v) is 4.35. The van der Waals surface area contributed by atoms with Crippen molar-refractivity contribution in [2.75, 3.05) is 6.54 Å². The summed E-state index contributed by atoms with van der Waals surface area (Å²) in [5.41, 5.74) is 0.347. The van der Waals surface area contributed by atoms with Crippen LogP contribution in [0, 0.1) is 11.3 Å². The average Bonchev–Trinajstić information content (AvgIpc) is 3.09. The van der Waals surface area contributed by atoms with E-state index in [2.05, 4.69) is 19.2 Å². The molecule has 2 aliphatic carbocycles. The van der Waals surface area contributed by atoms with Crippen molar-refractivity contribution in [3.63, 3.8) is 0 Å². The van der Waals surface area contributed by atoms with E-state index in [0.29, 0.717) is 30.5 Å². The van der Waals surface area contributed by atoms with E-state index in [4.69, 9.17) is 0 Å². The molecule has 0 aromatic carbocycles. The lowest BCUT2D eigenvalue weighted by molar-refractivity contribution is -0.130. The molecule has 2 atom stereocenters. The van der Waals surface area contributed by atoms with Gasteiger partial charge in [-0.3, -0.25) is 9.59 Å². The third-order valence-electron chi connectivity index (χ3n) is 5.61. The van der Waals surface area contributed by atoms with Crippen LogP contribution in [0.15, 0.2) is 0 Å². The van der Waals surface area contributed by atoms with Crippen molar-refractivity contribution in [2.45, 2.75) is 77.3 Å². The lowest BCUT2D eigenvalue weighted by Gasteiger charge is -2.24. The molecule has 0 spiro atoms. The standard InChI is InChI=1S/C17H28N2O2/c1-17(2)8-7-13(10-17)18-16(21)12-9-15(20)19(11-12)14-5-3-4-6-14/h12-14H,3-11H2,1-2H3,(H,18,21). The van der Waals surface area contributed by atoms with Gasteiger partial charge in [0.25, 0.3) is 0 Å². The first-order valence-corrected chi connectivity index (χ1v) is 8.54. The average molecular weight is 292 g/mol. The number of nitrogens with one attached hydrogen (secondary N) is 1. The molecule has 21 heavy (non-hydrogen) atoms. The van der Waals surface area contributed by atoms with Gasteiger partial charge in [0.2, 0.25) is 11.8 Å². The summed E-state index contributed by atoms with van der Waals surface area (Å²) in [5, 5.41) is 3.19. The molecule has 3 aliphatic rings. The molecule has 4 nitrogen and oxygen atoms in total. The summed E-state index contributed by atoms with van der Waals surface area (Å²) in [4.78, 5) is 26.6. The van der Waals surface area contributed by atoms with Crippen LogP contribution in [0.5, 0.6) is 0 Å². The van der Waals surface area contributed by atoms with Gasteiger partial charge in [-0.2, -0.15) is 0 Å². The molecule has 0 aromatic heterocycles. The minimum Gasteiger partial charge on any atom is -0.353 e. The normalized spacial score (nSPS) is 32.9. The van der Waals surface area contributed by atoms with Crippen LogP contribution in [0.3, 0.4) is 0 Å². The molecule has 0 bridgehead atoms. The first-order chi connectivity index (χ1) is 9.94. The van der Waals surface area contributed by atoms with Gasteiger partial charge < -0.3 is 10.2 Å². The highest BCUT2D eigenvalue weighted by Gasteiger charge is 2.40. The Balaban J connectivity index is 1.53. The van der Waals surface area contributed by atoms with Crippen molar-refractivity contribution in [1.29, 1.82) is 0 Å². The Morgan fingerprint density at radius 3 is 2.57 bits per heavy atom. The molecule has 2 amide bonds. The topological polar surface area (TPSA) is 49.4 Å². The molecule has 1 saturated heterocycles. The summed E-state index contributed by atoms with van der Waals surface area (Å²) in [6.45, 7) is 5.17. The van der Waals surface area contributed by atoms with E-state index in [0.717, 1.165) is 25.7 Å². The first kappa shape index (κ1) is 14.9. The zero-order chi connectivity index (χ0) is 15.0. The molecular weight excluding hydrogens is 264 g/mol. The molecule has 118 valence electrons. The van der Waals surface area contributed by atoms with E-state index in [1.165, 1.54) is 19.3 Å². The lowest BCUT2D eigenvalue weighted by atomic mass is 9.92. The van der Waals surface area contributed by atoms with E-state index in [9.17, 15) is 9.59 Å². The van der Waals surface area contributed by atoms with E-state index >= 15 is 0 Å². The molecule has 2 saturated carbocycles. The van der Waals surface area contributed by atoms with Gasteiger partial charge in [-0.05, 0) is 37.5 Å². The number of likely N-dealkylation sites (tertiary alicyclic amines) is 1. The van der Waals surface area contributed by atoms with Gasteiger partial charge in [-0.25, -0.2) is 0 Å². The van der Waals surface area contributed by atoms with Gasteiger partial charge >= 0.3 is 0 Å². The number of rotatable bonds is 3. The van der Waals surface area contributed by atoms with E-state index in [1.54, 1.807) is 0 Å². The Labute approximate surface area is 127 Å². The highest BCUT2D eigenvalue weighted by molar-refractivity contribution is 5.89. The first-order valence-electron chi connectivity index (χ1n) is 8.54. The van der Waals surface area contributed by atoms with Gasteiger partial charge in [0, 0.05) is 25.0 Å². The third-order valence-corrected chi connectivity index (χ3v) is 5.61. The summed E-state index contributed by atoms with van der Waals surface area (Å²) in [7, 11) is 0. The summed E-state index contributed by atoms with van der Waals surface area (Å²) in [6.07, 6.45) is 8.42. The quantitative estimate of drug-likeness (QED) is 0.868. The van der Waals surface area contributed by atoms with Crippen LogP contribution in [0.1, 0.15) is 65.2 Å². The van der Waals surface area contributed by atoms with Crippen LogP contribution in [0.25, 0.3) is 0 Å². The number of nitrogens with zero attached hydrogens (tertiary/aromatic N) is 1. The lowest BCUT2D eigenvalue weighted by Crippen LogP contribution is -2.40. The zero-order valence-corrected chi connectivity index (χ0v) is 13.4. The van der Waals surface area contributed by atoms with E-state index in [1.807, 2.05) is 4.90 Å². The highest BCUT2D eigenvalue weighted by atomic mass is 16.2. The minimum atomic E-state index is -0.123. The molecule has 1 heterocycles. The van der Waals surface area contributed by atoms with Crippen molar-refractivity contribution in [3.8, 4) is 0 Å². The van der Waals surface area contributed by atoms with Crippen LogP contribution in [-0.4, -0.2) is 35.3 Å². The maximum atomic E-state index is 12.4. The van der Waals surface area contributed by atoms with Gasteiger partial charge in [0.05, 0.1) is 5.92 Å². The summed E-state index contributed by atoms with van der Waals surface area (Å²) in [6, 6.07) is 0.712. The van der Waals surface area contributed by atoms with Crippen molar-refractivity contribution < 1.29 is 9.59 Å². The van der Waals surface area contributed by atoms with Crippen molar-refractivity contribution >= 4 is 11.8 Å². The van der Waals surface area contributed by atoms with Gasteiger partial charge in [-0.15, -0.1) is 0 Å². The second-order valence-corrected chi connectivity index (χ2v) is 8.00. The largest absolute Gasteiger partial charge is 0.353 e. The fourth-order valence-electron chi connectivity index (χ4n) is 4.35. The number of carbonyl (C=O) groups is 2. The summed E-state index contributed by atoms with van der Waals surface area (Å²) in [5.74, 6) is 0.169. The molecule has 3 rings (SSSR count). The molecule has 3 fully saturated rings.